The van der Waals surface area contributed by atoms with E-state index in [1.54, 1.807) is 12.1 Å². The molecule has 1 saturated carbocycles. The molecule has 1 aromatic rings. The Morgan fingerprint density at radius 3 is 2.16 bits per heavy atom. The number of nitrogens with one attached hydrogen (secondary N) is 1. The van der Waals surface area contributed by atoms with E-state index in [0.29, 0.717) is 11.8 Å². The van der Waals surface area contributed by atoms with Crippen molar-refractivity contribution >= 4 is 0 Å². The van der Waals surface area contributed by atoms with Gasteiger partial charge in [-0.05, 0) is 63.3 Å². The minimum absolute atomic E-state index is 0.0906. The van der Waals surface area contributed by atoms with Crippen LogP contribution in [0.25, 0.3) is 0 Å². The molecule has 1 fully saturated rings. The second kappa shape index (κ2) is 4.82. The van der Waals surface area contributed by atoms with E-state index in [2.05, 4.69) is 26.1 Å². The predicted molar refractivity (Wildman–Crippen MR) is 70.0 cm³/mol. The third-order valence-electron chi connectivity index (χ3n) is 3.48. The summed E-state index contributed by atoms with van der Waals surface area (Å²) in [6.07, 6.45) is -3.18. The molecule has 0 radical (unpaired) electrons. The Bertz CT molecular complexity index is 428. The van der Waals surface area contributed by atoms with Gasteiger partial charge in [0.15, 0.2) is 0 Å². The summed E-state index contributed by atoms with van der Waals surface area (Å²) in [5.41, 5.74) is 0.544. The van der Waals surface area contributed by atoms with E-state index in [4.69, 9.17) is 0 Å². The van der Waals surface area contributed by atoms with Gasteiger partial charge in [-0.1, -0.05) is 12.1 Å². The standard InChI is InChI=1S/C15H20F3N/c1-14(2,3)19-9-11-8-13(11)10-4-6-12(7-5-10)15(16,17)18/h4-7,11,13,19H,8-9H2,1-3H3. The van der Waals surface area contributed by atoms with Crippen molar-refractivity contribution in [3.63, 3.8) is 0 Å². The van der Waals surface area contributed by atoms with Crippen molar-refractivity contribution < 1.29 is 13.2 Å². The fraction of sp³-hybridized carbons (Fsp3) is 0.600. The van der Waals surface area contributed by atoms with Gasteiger partial charge in [0.25, 0.3) is 0 Å². The summed E-state index contributed by atoms with van der Waals surface area (Å²) in [5.74, 6) is 0.966. The second-order valence-electron chi connectivity index (χ2n) is 6.35. The number of alkyl halides is 3. The first kappa shape index (κ1) is 14.4. The van der Waals surface area contributed by atoms with E-state index in [1.807, 2.05) is 0 Å². The molecule has 1 N–H and O–H groups in total. The lowest BCUT2D eigenvalue weighted by Crippen LogP contribution is -2.37. The minimum atomic E-state index is -4.24. The highest BCUT2D eigenvalue weighted by atomic mass is 19.4. The summed E-state index contributed by atoms with van der Waals surface area (Å²) in [5, 5.41) is 3.44. The third kappa shape index (κ3) is 3.96. The zero-order valence-corrected chi connectivity index (χ0v) is 11.5. The van der Waals surface area contributed by atoms with Crippen molar-refractivity contribution in [1.82, 2.24) is 5.32 Å². The van der Waals surface area contributed by atoms with Crippen LogP contribution in [0.1, 0.15) is 44.2 Å². The summed E-state index contributed by atoms with van der Waals surface area (Å²) in [7, 11) is 0. The molecule has 0 bridgehead atoms. The first-order chi connectivity index (χ1) is 8.67. The van der Waals surface area contributed by atoms with Crippen molar-refractivity contribution in [2.75, 3.05) is 6.54 Å². The molecule has 4 heteroatoms. The first-order valence-electron chi connectivity index (χ1n) is 6.59. The highest BCUT2D eigenvalue weighted by molar-refractivity contribution is 5.30. The lowest BCUT2D eigenvalue weighted by Gasteiger charge is -2.20. The lowest BCUT2D eigenvalue weighted by molar-refractivity contribution is -0.137. The Morgan fingerprint density at radius 1 is 1.11 bits per heavy atom. The van der Waals surface area contributed by atoms with Gasteiger partial charge in [0, 0.05) is 5.54 Å². The molecule has 0 aliphatic heterocycles. The van der Waals surface area contributed by atoms with Crippen LogP contribution in [0.5, 0.6) is 0 Å². The van der Waals surface area contributed by atoms with Gasteiger partial charge >= 0.3 is 6.18 Å². The van der Waals surface area contributed by atoms with Gasteiger partial charge in [-0.2, -0.15) is 13.2 Å². The summed E-state index contributed by atoms with van der Waals surface area (Å²) in [6.45, 7) is 7.27. The molecule has 0 aromatic heterocycles. The van der Waals surface area contributed by atoms with Gasteiger partial charge in [0.05, 0.1) is 5.56 Å². The zero-order chi connectivity index (χ0) is 14.3. The summed E-state index contributed by atoms with van der Waals surface area (Å²) >= 11 is 0. The summed E-state index contributed by atoms with van der Waals surface area (Å²) in [4.78, 5) is 0. The maximum atomic E-state index is 12.5. The topological polar surface area (TPSA) is 12.0 Å². The number of halogens is 3. The number of benzene rings is 1. The monoisotopic (exact) mass is 271 g/mol. The molecule has 2 rings (SSSR count). The molecule has 0 heterocycles. The van der Waals surface area contributed by atoms with Crippen molar-refractivity contribution in [2.24, 2.45) is 5.92 Å². The van der Waals surface area contributed by atoms with Gasteiger partial charge in [0.1, 0.15) is 0 Å². The highest BCUT2D eigenvalue weighted by Gasteiger charge is 2.39. The van der Waals surface area contributed by atoms with Crippen LogP contribution in [0.2, 0.25) is 0 Å². The van der Waals surface area contributed by atoms with Gasteiger partial charge in [-0.25, -0.2) is 0 Å². The van der Waals surface area contributed by atoms with E-state index in [0.717, 1.165) is 18.5 Å². The smallest absolute Gasteiger partial charge is 0.312 e. The van der Waals surface area contributed by atoms with Crippen LogP contribution in [-0.4, -0.2) is 12.1 Å². The molecule has 0 amide bonds. The Morgan fingerprint density at radius 2 is 1.68 bits per heavy atom. The fourth-order valence-electron chi connectivity index (χ4n) is 2.24. The van der Waals surface area contributed by atoms with Gasteiger partial charge < -0.3 is 5.32 Å². The van der Waals surface area contributed by atoms with Crippen LogP contribution in [0.4, 0.5) is 13.2 Å². The normalized spacial score (nSPS) is 23.5. The molecule has 0 saturated heterocycles. The molecule has 1 aliphatic carbocycles. The molecule has 106 valence electrons. The van der Waals surface area contributed by atoms with Crippen molar-refractivity contribution in [3.8, 4) is 0 Å². The van der Waals surface area contributed by atoms with E-state index in [9.17, 15) is 13.2 Å². The van der Waals surface area contributed by atoms with Crippen LogP contribution in [-0.2, 0) is 6.18 Å². The van der Waals surface area contributed by atoms with E-state index in [1.165, 1.54) is 12.1 Å². The fourth-order valence-corrected chi connectivity index (χ4v) is 2.24. The molecule has 1 aromatic carbocycles. The largest absolute Gasteiger partial charge is 0.416 e. The van der Waals surface area contributed by atoms with Crippen LogP contribution in [0, 0.1) is 5.92 Å². The summed E-state index contributed by atoms with van der Waals surface area (Å²) in [6, 6.07) is 5.60. The minimum Gasteiger partial charge on any atom is -0.312 e. The van der Waals surface area contributed by atoms with E-state index < -0.39 is 11.7 Å². The van der Waals surface area contributed by atoms with Gasteiger partial charge in [-0.3, -0.25) is 0 Å². The third-order valence-corrected chi connectivity index (χ3v) is 3.48. The Hall–Kier alpha value is -1.03. The lowest BCUT2D eigenvalue weighted by atomic mass is 10.1. The van der Waals surface area contributed by atoms with E-state index in [-0.39, 0.29) is 5.54 Å². The Kier molecular flexibility index (Phi) is 3.65. The van der Waals surface area contributed by atoms with Crippen molar-refractivity contribution in [1.29, 1.82) is 0 Å². The first-order valence-corrected chi connectivity index (χ1v) is 6.59. The van der Waals surface area contributed by atoms with Crippen LogP contribution in [0.3, 0.4) is 0 Å². The number of hydrogen-bond acceptors (Lipinski definition) is 1. The van der Waals surface area contributed by atoms with Gasteiger partial charge in [-0.15, -0.1) is 0 Å². The van der Waals surface area contributed by atoms with Crippen LogP contribution < -0.4 is 5.32 Å². The predicted octanol–water partition coefficient (Wildman–Crippen LogP) is 4.20. The van der Waals surface area contributed by atoms with Gasteiger partial charge in [0.2, 0.25) is 0 Å². The molecule has 2 atom stereocenters. The molecular weight excluding hydrogens is 251 g/mol. The average Bonchev–Trinajstić information content (AvgIpc) is 3.04. The molecule has 0 spiro atoms. The zero-order valence-electron chi connectivity index (χ0n) is 11.5. The van der Waals surface area contributed by atoms with Crippen molar-refractivity contribution in [3.05, 3.63) is 35.4 Å². The molecule has 19 heavy (non-hydrogen) atoms. The molecular formula is C15H20F3N. The van der Waals surface area contributed by atoms with Crippen LogP contribution >= 0.6 is 0 Å². The second-order valence-corrected chi connectivity index (χ2v) is 6.35. The highest BCUT2D eigenvalue weighted by Crippen LogP contribution is 2.47. The quantitative estimate of drug-likeness (QED) is 0.869. The van der Waals surface area contributed by atoms with Crippen molar-refractivity contribution in [2.45, 2.75) is 44.8 Å². The molecule has 2 unspecified atom stereocenters. The maximum Gasteiger partial charge on any atom is 0.416 e. The number of hydrogen-bond donors (Lipinski definition) is 1. The maximum absolute atomic E-state index is 12.5. The Labute approximate surface area is 112 Å². The average molecular weight is 271 g/mol. The van der Waals surface area contributed by atoms with E-state index >= 15 is 0 Å². The molecule has 1 aliphatic rings. The Balaban J connectivity index is 1.91. The number of rotatable bonds is 3. The molecule has 1 nitrogen and oxygen atoms in total. The SMILES string of the molecule is CC(C)(C)NCC1CC1c1ccc(C(F)(F)F)cc1. The summed E-state index contributed by atoms with van der Waals surface area (Å²) < 4.78 is 37.4. The van der Waals surface area contributed by atoms with Crippen LogP contribution in [0.15, 0.2) is 24.3 Å².